The van der Waals surface area contributed by atoms with Crippen molar-refractivity contribution in [2.75, 3.05) is 33.8 Å². The molecule has 2 aromatic carbocycles. The number of para-hydroxylation sites is 1. The van der Waals surface area contributed by atoms with E-state index >= 15 is 0 Å². The van der Waals surface area contributed by atoms with E-state index < -0.39 is 0 Å². The van der Waals surface area contributed by atoms with Gasteiger partial charge in [0.15, 0.2) is 0 Å². The Morgan fingerprint density at radius 3 is 2.72 bits per heavy atom. The maximum Gasteiger partial charge on any atom is 0.223 e. The number of nitrogens with zero attached hydrogens (tertiary/aromatic N) is 2. The zero-order valence-electron chi connectivity index (χ0n) is 17.4. The van der Waals surface area contributed by atoms with Gasteiger partial charge in [-0.1, -0.05) is 30.3 Å². The second kappa shape index (κ2) is 8.46. The van der Waals surface area contributed by atoms with Gasteiger partial charge in [0, 0.05) is 44.5 Å². The average Bonchev–Trinajstić information content (AvgIpc) is 2.91. The Hall–Kier alpha value is -2.53. The highest BCUT2D eigenvalue weighted by atomic mass is 16.5. The summed E-state index contributed by atoms with van der Waals surface area (Å²) in [6.45, 7) is 3.26. The van der Waals surface area contributed by atoms with Crippen molar-refractivity contribution in [1.82, 2.24) is 9.80 Å². The molecular weight excluding hydrogens is 364 g/mol. The monoisotopic (exact) mass is 394 g/mol. The van der Waals surface area contributed by atoms with E-state index in [0.717, 1.165) is 48.6 Å². The van der Waals surface area contributed by atoms with Crippen molar-refractivity contribution < 1.29 is 14.3 Å². The highest BCUT2D eigenvalue weighted by Crippen LogP contribution is 2.35. The number of aryl methyl sites for hydroxylation is 1. The molecule has 5 heteroatoms. The van der Waals surface area contributed by atoms with E-state index in [-0.39, 0.29) is 11.5 Å². The molecule has 2 aliphatic heterocycles. The van der Waals surface area contributed by atoms with Crippen LogP contribution in [0.1, 0.15) is 30.4 Å². The van der Waals surface area contributed by atoms with Gasteiger partial charge in [-0.2, -0.15) is 0 Å². The van der Waals surface area contributed by atoms with Crippen molar-refractivity contribution in [2.24, 2.45) is 0 Å². The van der Waals surface area contributed by atoms with Crippen molar-refractivity contribution in [1.29, 1.82) is 0 Å². The molecule has 5 nitrogen and oxygen atoms in total. The Balaban J connectivity index is 1.51. The van der Waals surface area contributed by atoms with Crippen molar-refractivity contribution in [3.8, 4) is 11.5 Å². The van der Waals surface area contributed by atoms with Crippen LogP contribution >= 0.6 is 0 Å². The van der Waals surface area contributed by atoms with Crippen LogP contribution in [0.4, 0.5) is 0 Å². The van der Waals surface area contributed by atoms with Gasteiger partial charge in [0.25, 0.3) is 0 Å². The Bertz CT molecular complexity index is 859. The smallest absolute Gasteiger partial charge is 0.223 e. The molecule has 2 aromatic rings. The zero-order chi connectivity index (χ0) is 20.3. The molecule has 1 spiro atoms. The third-order valence-corrected chi connectivity index (χ3v) is 6.15. The summed E-state index contributed by atoms with van der Waals surface area (Å²) in [5.74, 6) is 1.95. The molecule has 0 bridgehead atoms. The quantitative estimate of drug-likeness (QED) is 0.796. The third-order valence-electron chi connectivity index (χ3n) is 6.15. The molecule has 4 rings (SSSR count). The second-order valence-corrected chi connectivity index (χ2v) is 8.30. The standard InChI is InChI=1S/C24H30N2O3/c1-25-14-12-24(13-15-25)18-26(17-20-7-3-4-9-22(20)29-24)23(27)11-10-19-6-5-8-21(16-19)28-2/h3-9,16H,10-15,17-18H2,1-2H3. The van der Waals surface area contributed by atoms with E-state index in [9.17, 15) is 4.79 Å². The van der Waals surface area contributed by atoms with Gasteiger partial charge < -0.3 is 19.3 Å². The van der Waals surface area contributed by atoms with Gasteiger partial charge in [-0.15, -0.1) is 0 Å². The van der Waals surface area contributed by atoms with Crippen molar-refractivity contribution in [3.63, 3.8) is 0 Å². The van der Waals surface area contributed by atoms with E-state index in [1.54, 1.807) is 7.11 Å². The minimum absolute atomic E-state index is 0.187. The van der Waals surface area contributed by atoms with Crippen LogP contribution in [0.15, 0.2) is 48.5 Å². The number of ether oxygens (including phenoxy) is 2. The highest BCUT2D eigenvalue weighted by molar-refractivity contribution is 5.77. The first-order valence-corrected chi connectivity index (χ1v) is 10.4. The fourth-order valence-corrected chi connectivity index (χ4v) is 4.31. The minimum Gasteiger partial charge on any atom is -0.497 e. The zero-order valence-corrected chi connectivity index (χ0v) is 17.4. The first-order chi connectivity index (χ1) is 14.1. The Morgan fingerprint density at radius 1 is 1.14 bits per heavy atom. The lowest BCUT2D eigenvalue weighted by molar-refractivity contribution is -0.135. The molecule has 29 heavy (non-hydrogen) atoms. The molecule has 0 unspecified atom stereocenters. The molecule has 0 aromatic heterocycles. The number of methoxy groups -OCH3 is 1. The summed E-state index contributed by atoms with van der Waals surface area (Å²) in [5.41, 5.74) is 1.93. The number of piperidine rings is 1. The maximum absolute atomic E-state index is 13.2. The van der Waals surface area contributed by atoms with Crippen LogP contribution in [-0.2, 0) is 17.8 Å². The van der Waals surface area contributed by atoms with E-state index in [1.807, 2.05) is 41.3 Å². The van der Waals surface area contributed by atoms with Crippen molar-refractivity contribution in [3.05, 3.63) is 59.7 Å². The summed E-state index contributed by atoms with van der Waals surface area (Å²) in [5, 5.41) is 0. The molecule has 0 saturated carbocycles. The van der Waals surface area contributed by atoms with Crippen LogP contribution in [-0.4, -0.2) is 55.1 Å². The first-order valence-electron chi connectivity index (χ1n) is 10.4. The lowest BCUT2D eigenvalue weighted by Crippen LogP contribution is -2.53. The molecule has 1 fully saturated rings. The lowest BCUT2D eigenvalue weighted by Gasteiger charge is -2.41. The molecule has 1 amide bonds. The molecule has 2 aliphatic rings. The summed E-state index contributed by atoms with van der Waals surface area (Å²) in [6.07, 6.45) is 3.09. The number of fused-ring (bicyclic) bond motifs is 1. The summed E-state index contributed by atoms with van der Waals surface area (Å²) < 4.78 is 11.9. The molecular formula is C24H30N2O3. The van der Waals surface area contributed by atoms with Crippen LogP contribution in [0.25, 0.3) is 0 Å². The molecule has 1 saturated heterocycles. The summed E-state index contributed by atoms with van der Waals surface area (Å²) in [6, 6.07) is 16.1. The van der Waals surface area contributed by atoms with E-state index in [2.05, 4.69) is 24.1 Å². The molecule has 0 N–H and O–H groups in total. The lowest BCUT2D eigenvalue weighted by atomic mass is 9.90. The van der Waals surface area contributed by atoms with Crippen LogP contribution in [0, 0.1) is 0 Å². The number of carbonyl (C=O) groups excluding carboxylic acids is 1. The van der Waals surface area contributed by atoms with Gasteiger partial charge >= 0.3 is 0 Å². The number of amides is 1. The van der Waals surface area contributed by atoms with Gasteiger partial charge in [-0.3, -0.25) is 4.79 Å². The van der Waals surface area contributed by atoms with Crippen LogP contribution in [0.3, 0.4) is 0 Å². The number of carbonyl (C=O) groups is 1. The van der Waals surface area contributed by atoms with Gasteiger partial charge in [0.2, 0.25) is 5.91 Å². The Kier molecular flexibility index (Phi) is 5.76. The van der Waals surface area contributed by atoms with Gasteiger partial charge in [-0.25, -0.2) is 0 Å². The van der Waals surface area contributed by atoms with E-state index in [0.29, 0.717) is 25.9 Å². The largest absolute Gasteiger partial charge is 0.497 e. The molecule has 0 aliphatic carbocycles. The van der Waals surface area contributed by atoms with Crippen LogP contribution in [0.2, 0.25) is 0 Å². The fraction of sp³-hybridized carbons (Fsp3) is 0.458. The normalized spacial score (nSPS) is 18.6. The SMILES string of the molecule is COc1cccc(CCC(=O)N2Cc3ccccc3OC3(CCN(C)CC3)C2)c1. The third kappa shape index (κ3) is 4.56. The number of likely N-dealkylation sites (tertiary alicyclic amines) is 1. The molecule has 0 radical (unpaired) electrons. The number of hydrogen-bond donors (Lipinski definition) is 0. The van der Waals surface area contributed by atoms with Crippen LogP contribution < -0.4 is 9.47 Å². The summed E-state index contributed by atoms with van der Waals surface area (Å²) in [7, 11) is 3.81. The van der Waals surface area contributed by atoms with Gasteiger partial charge in [-0.05, 0) is 37.2 Å². The molecule has 0 atom stereocenters. The highest BCUT2D eigenvalue weighted by Gasteiger charge is 2.41. The van der Waals surface area contributed by atoms with E-state index in [4.69, 9.17) is 9.47 Å². The predicted molar refractivity (Wildman–Crippen MR) is 113 cm³/mol. The van der Waals surface area contributed by atoms with E-state index in [1.165, 1.54) is 0 Å². The van der Waals surface area contributed by atoms with Crippen molar-refractivity contribution >= 4 is 5.91 Å². The predicted octanol–water partition coefficient (Wildman–Crippen LogP) is 3.51. The Morgan fingerprint density at radius 2 is 1.93 bits per heavy atom. The molecule has 154 valence electrons. The van der Waals surface area contributed by atoms with Crippen LogP contribution in [0.5, 0.6) is 11.5 Å². The fourth-order valence-electron chi connectivity index (χ4n) is 4.31. The molecule has 2 heterocycles. The van der Waals surface area contributed by atoms with Gasteiger partial charge in [0.05, 0.1) is 13.7 Å². The van der Waals surface area contributed by atoms with Crippen molar-refractivity contribution in [2.45, 2.75) is 37.8 Å². The number of rotatable bonds is 4. The Labute approximate surface area is 173 Å². The first kappa shape index (κ1) is 19.8. The maximum atomic E-state index is 13.2. The minimum atomic E-state index is -0.287. The topological polar surface area (TPSA) is 42.0 Å². The number of hydrogen-bond acceptors (Lipinski definition) is 4. The second-order valence-electron chi connectivity index (χ2n) is 8.30. The summed E-state index contributed by atoms with van der Waals surface area (Å²) in [4.78, 5) is 17.6. The average molecular weight is 395 g/mol. The summed E-state index contributed by atoms with van der Waals surface area (Å²) >= 11 is 0. The van der Waals surface area contributed by atoms with Gasteiger partial charge in [0.1, 0.15) is 17.1 Å². The number of benzene rings is 2.